The van der Waals surface area contributed by atoms with E-state index in [1.807, 2.05) is 36.8 Å². The number of nitrogens with zero attached hydrogens (tertiary/aromatic N) is 5. The summed E-state index contributed by atoms with van der Waals surface area (Å²) in [4.78, 5) is 13.8. The van der Waals surface area contributed by atoms with E-state index in [2.05, 4.69) is 61.7 Å². The number of ether oxygens (including phenoxy) is 1. The highest BCUT2D eigenvalue weighted by Gasteiger charge is 2.41. The highest BCUT2D eigenvalue weighted by atomic mass is 32.1. The number of aromatic nitrogens is 3. The molecule has 0 bridgehead atoms. The maximum atomic E-state index is 5.86. The van der Waals surface area contributed by atoms with Gasteiger partial charge in [0, 0.05) is 62.7 Å². The van der Waals surface area contributed by atoms with Crippen molar-refractivity contribution in [3.05, 3.63) is 83.2 Å². The van der Waals surface area contributed by atoms with E-state index in [1.165, 1.54) is 17.0 Å². The van der Waals surface area contributed by atoms with E-state index in [9.17, 15) is 0 Å². The van der Waals surface area contributed by atoms with Crippen LogP contribution in [-0.4, -0.2) is 62.3 Å². The quantitative estimate of drug-likeness (QED) is 0.482. The van der Waals surface area contributed by atoms with E-state index in [4.69, 9.17) is 17.0 Å². The monoisotopic (exact) mass is 490 g/mol. The molecule has 0 saturated carbocycles. The lowest BCUT2D eigenvalue weighted by atomic mass is 9.96. The zero-order valence-electron chi connectivity index (χ0n) is 20.6. The molecule has 0 radical (unpaired) electrons. The maximum Gasteiger partial charge on any atom is 0.170 e. The number of hydrogen-bond acceptors (Lipinski definition) is 5. The van der Waals surface area contributed by atoms with Crippen molar-refractivity contribution < 1.29 is 4.74 Å². The van der Waals surface area contributed by atoms with Gasteiger partial charge in [-0.2, -0.15) is 0 Å². The summed E-state index contributed by atoms with van der Waals surface area (Å²) >= 11 is 5.86. The molecule has 35 heavy (non-hydrogen) atoms. The molecule has 3 aromatic rings. The lowest BCUT2D eigenvalue weighted by Gasteiger charge is -2.28. The summed E-state index contributed by atoms with van der Waals surface area (Å²) in [7, 11) is 0. The van der Waals surface area contributed by atoms with Crippen LogP contribution in [0.3, 0.4) is 0 Å². The zero-order chi connectivity index (χ0) is 24.2. The zero-order valence-corrected chi connectivity index (χ0v) is 21.4. The molecule has 0 aliphatic carbocycles. The third kappa shape index (κ3) is 5.24. The smallest absolute Gasteiger partial charge is 0.170 e. The van der Waals surface area contributed by atoms with Gasteiger partial charge in [-0.15, -0.1) is 0 Å². The molecule has 5 heterocycles. The van der Waals surface area contributed by atoms with Gasteiger partial charge in [0.25, 0.3) is 0 Å². The molecule has 0 unspecified atom stereocenters. The Bertz CT molecular complexity index is 1130. The normalized spacial score (nSPS) is 20.9. The Morgan fingerprint density at radius 3 is 2.69 bits per heavy atom. The molecule has 0 spiro atoms. The molecule has 2 aliphatic rings. The summed E-state index contributed by atoms with van der Waals surface area (Å²) in [6, 6.07) is 12.6. The van der Waals surface area contributed by atoms with E-state index in [1.54, 1.807) is 0 Å². The Labute approximate surface area is 213 Å². The second-order valence-electron chi connectivity index (χ2n) is 9.40. The number of rotatable bonds is 8. The summed E-state index contributed by atoms with van der Waals surface area (Å²) < 4.78 is 7.96. The van der Waals surface area contributed by atoms with E-state index in [0.29, 0.717) is 6.54 Å². The second kappa shape index (κ2) is 10.8. The van der Waals surface area contributed by atoms with Crippen LogP contribution in [0.5, 0.6) is 0 Å². The van der Waals surface area contributed by atoms with Crippen molar-refractivity contribution in [3.8, 4) is 0 Å². The van der Waals surface area contributed by atoms with E-state index < -0.39 is 0 Å². The van der Waals surface area contributed by atoms with Crippen molar-refractivity contribution in [2.24, 2.45) is 0 Å². The minimum atomic E-state index is -0.0114. The standard InChI is InChI=1S/C27H34N6OS/c1-20-17-23(21(2)32(20)12-6-11-31-13-15-34-16-14-31)26-25(24-8-3-4-10-29-24)30-27(35)33(26)19-22-7-5-9-28-18-22/h3-5,7-10,17-18,25-26H,6,11-16,19H2,1-2H3,(H,30,35)/t25-,26+/m0/s1. The van der Waals surface area contributed by atoms with Crippen LogP contribution in [0.2, 0.25) is 0 Å². The van der Waals surface area contributed by atoms with Gasteiger partial charge in [0.15, 0.2) is 5.11 Å². The minimum absolute atomic E-state index is 0.0114. The average molecular weight is 491 g/mol. The molecule has 0 amide bonds. The summed E-state index contributed by atoms with van der Waals surface area (Å²) in [6.07, 6.45) is 6.71. The first-order valence-corrected chi connectivity index (χ1v) is 12.9. The lowest BCUT2D eigenvalue weighted by molar-refractivity contribution is 0.0369. The predicted octanol–water partition coefficient (Wildman–Crippen LogP) is 3.79. The van der Waals surface area contributed by atoms with Gasteiger partial charge in [-0.25, -0.2) is 0 Å². The van der Waals surface area contributed by atoms with Crippen molar-refractivity contribution in [3.63, 3.8) is 0 Å². The van der Waals surface area contributed by atoms with Crippen LogP contribution in [0.4, 0.5) is 0 Å². The molecular formula is C27H34N6OS. The molecule has 0 aromatic carbocycles. The number of hydrogen-bond donors (Lipinski definition) is 1. The van der Waals surface area contributed by atoms with Gasteiger partial charge in [-0.3, -0.25) is 14.9 Å². The van der Waals surface area contributed by atoms with Crippen LogP contribution in [0.15, 0.2) is 55.0 Å². The van der Waals surface area contributed by atoms with Crippen molar-refractivity contribution in [2.45, 2.75) is 45.4 Å². The van der Waals surface area contributed by atoms with Gasteiger partial charge in [-0.1, -0.05) is 12.1 Å². The SMILES string of the molecule is Cc1cc([C@@H]2[C@H](c3ccccn3)NC(=S)N2Cc2cccnc2)c(C)n1CCCN1CCOCC1. The Hall–Kier alpha value is -2.81. The molecule has 3 aromatic heterocycles. The van der Waals surface area contributed by atoms with Gasteiger partial charge >= 0.3 is 0 Å². The molecule has 7 nitrogen and oxygen atoms in total. The van der Waals surface area contributed by atoms with Crippen LogP contribution < -0.4 is 5.32 Å². The topological polar surface area (TPSA) is 58.5 Å². The molecule has 1 N–H and O–H groups in total. The Balaban J connectivity index is 1.42. The average Bonchev–Trinajstić information content (AvgIpc) is 3.36. The summed E-state index contributed by atoms with van der Waals surface area (Å²) in [5.41, 5.74) is 6.05. The van der Waals surface area contributed by atoms with Gasteiger partial charge in [0.05, 0.1) is 31.0 Å². The highest BCUT2D eigenvalue weighted by Crippen LogP contribution is 2.41. The molecule has 2 atom stereocenters. The van der Waals surface area contributed by atoms with Crippen LogP contribution in [-0.2, 0) is 17.8 Å². The lowest BCUT2D eigenvalue weighted by Crippen LogP contribution is -2.37. The van der Waals surface area contributed by atoms with Crippen LogP contribution in [0.25, 0.3) is 0 Å². The molecule has 2 fully saturated rings. The molecule has 8 heteroatoms. The fourth-order valence-electron chi connectivity index (χ4n) is 5.35. The third-order valence-electron chi connectivity index (χ3n) is 7.16. The number of thiocarbonyl (C=S) groups is 1. The highest BCUT2D eigenvalue weighted by molar-refractivity contribution is 7.80. The van der Waals surface area contributed by atoms with Gasteiger partial charge < -0.3 is 19.5 Å². The number of aryl methyl sites for hydroxylation is 1. The molecule has 2 saturated heterocycles. The Morgan fingerprint density at radius 1 is 1.09 bits per heavy atom. The Morgan fingerprint density at radius 2 is 1.94 bits per heavy atom. The van der Waals surface area contributed by atoms with Crippen LogP contribution in [0.1, 0.15) is 46.7 Å². The fourth-order valence-corrected chi connectivity index (χ4v) is 5.66. The van der Waals surface area contributed by atoms with Crippen LogP contribution >= 0.6 is 12.2 Å². The fraction of sp³-hybridized carbons (Fsp3) is 0.444. The largest absolute Gasteiger partial charge is 0.379 e. The van der Waals surface area contributed by atoms with Gasteiger partial charge in [-0.05, 0) is 67.9 Å². The number of nitrogens with one attached hydrogen (secondary N) is 1. The van der Waals surface area contributed by atoms with E-state index >= 15 is 0 Å². The first-order chi connectivity index (χ1) is 17.1. The summed E-state index contributed by atoms with van der Waals surface area (Å²) in [6.45, 7) is 11.1. The van der Waals surface area contributed by atoms with Crippen molar-refractivity contribution >= 4 is 17.3 Å². The second-order valence-corrected chi connectivity index (χ2v) is 9.79. The summed E-state index contributed by atoms with van der Waals surface area (Å²) in [5, 5.41) is 4.33. The van der Waals surface area contributed by atoms with Gasteiger partial charge in [0.2, 0.25) is 0 Å². The minimum Gasteiger partial charge on any atom is -0.379 e. The van der Waals surface area contributed by atoms with E-state index in [0.717, 1.165) is 62.2 Å². The molecular weight excluding hydrogens is 456 g/mol. The number of morpholine rings is 1. The van der Waals surface area contributed by atoms with Crippen molar-refractivity contribution in [1.29, 1.82) is 0 Å². The molecule has 2 aliphatic heterocycles. The van der Waals surface area contributed by atoms with Gasteiger partial charge in [0.1, 0.15) is 0 Å². The molecule has 184 valence electrons. The van der Waals surface area contributed by atoms with Crippen molar-refractivity contribution in [2.75, 3.05) is 32.8 Å². The van der Waals surface area contributed by atoms with E-state index in [-0.39, 0.29) is 12.1 Å². The number of pyridine rings is 2. The maximum absolute atomic E-state index is 5.86. The van der Waals surface area contributed by atoms with Crippen LogP contribution in [0, 0.1) is 13.8 Å². The summed E-state index contributed by atoms with van der Waals surface area (Å²) in [5.74, 6) is 0. The van der Waals surface area contributed by atoms with Crippen molar-refractivity contribution in [1.82, 2.24) is 29.7 Å². The molecule has 5 rings (SSSR count). The first kappa shape index (κ1) is 23.9. The Kier molecular flexibility index (Phi) is 7.41. The first-order valence-electron chi connectivity index (χ1n) is 12.5. The predicted molar refractivity (Wildman–Crippen MR) is 141 cm³/mol. The third-order valence-corrected chi connectivity index (χ3v) is 7.52.